The van der Waals surface area contributed by atoms with Crippen LogP contribution in [0.2, 0.25) is 0 Å². The first kappa shape index (κ1) is 15.3. The van der Waals surface area contributed by atoms with Gasteiger partial charge in [0, 0.05) is 0 Å². The van der Waals surface area contributed by atoms with Crippen molar-refractivity contribution in [2.45, 2.75) is 56.9 Å². The van der Waals surface area contributed by atoms with Gasteiger partial charge in [0.25, 0.3) is 10.0 Å². The second-order valence-electron chi connectivity index (χ2n) is 6.22. The van der Waals surface area contributed by atoms with Crippen LogP contribution in [0.1, 0.15) is 45.1 Å². The maximum atomic E-state index is 12.4. The lowest BCUT2D eigenvalue weighted by Crippen LogP contribution is -2.42. The standard InChI is InChI=1S/C16H23N3O2S/c1-3-12-8-9-14-15(10-12)22(20,21)19-16(18-14)17-13-7-5-4-6-11(13)2/h8-11,13H,3-7H2,1-2H3,(H2,17,18,19). The van der Waals surface area contributed by atoms with Crippen LogP contribution in [0.5, 0.6) is 0 Å². The van der Waals surface area contributed by atoms with Gasteiger partial charge in [0.15, 0.2) is 0 Å². The first-order chi connectivity index (χ1) is 10.5. The molecule has 2 atom stereocenters. The predicted molar refractivity (Wildman–Crippen MR) is 88.6 cm³/mol. The van der Waals surface area contributed by atoms with Crippen molar-refractivity contribution in [1.82, 2.24) is 4.72 Å². The summed E-state index contributed by atoms with van der Waals surface area (Å²) in [7, 11) is -3.54. The molecule has 5 nitrogen and oxygen atoms in total. The van der Waals surface area contributed by atoms with E-state index < -0.39 is 10.0 Å². The number of anilines is 1. The number of hydrogen-bond acceptors (Lipinski definition) is 3. The van der Waals surface area contributed by atoms with Gasteiger partial charge in [-0.25, -0.2) is 18.1 Å². The van der Waals surface area contributed by atoms with E-state index in [1.54, 1.807) is 6.07 Å². The molecule has 1 fully saturated rings. The fourth-order valence-electron chi connectivity index (χ4n) is 3.16. The van der Waals surface area contributed by atoms with Crippen molar-refractivity contribution >= 4 is 21.7 Å². The smallest absolute Gasteiger partial charge is 0.266 e. The minimum atomic E-state index is -3.54. The van der Waals surface area contributed by atoms with E-state index in [1.807, 2.05) is 19.1 Å². The van der Waals surface area contributed by atoms with Gasteiger partial charge < -0.3 is 5.32 Å². The minimum Gasteiger partial charge on any atom is -0.324 e. The Balaban J connectivity index is 1.92. The third kappa shape index (κ3) is 2.97. The summed E-state index contributed by atoms with van der Waals surface area (Å²) in [6, 6.07) is 5.69. The maximum absolute atomic E-state index is 12.4. The Hall–Kier alpha value is -1.56. The van der Waals surface area contributed by atoms with Gasteiger partial charge >= 0.3 is 0 Å². The highest BCUT2D eigenvalue weighted by Gasteiger charge is 2.28. The summed E-state index contributed by atoms with van der Waals surface area (Å²) in [5, 5.41) is 3.13. The van der Waals surface area contributed by atoms with Gasteiger partial charge in [-0.15, -0.1) is 0 Å². The summed E-state index contributed by atoms with van der Waals surface area (Å²) < 4.78 is 27.5. The van der Waals surface area contributed by atoms with E-state index in [0.29, 0.717) is 22.5 Å². The summed E-state index contributed by atoms with van der Waals surface area (Å²) in [6.45, 7) is 4.20. The number of nitrogens with zero attached hydrogens (tertiary/aromatic N) is 1. The Kier molecular flexibility index (Phi) is 4.12. The molecular weight excluding hydrogens is 298 g/mol. The normalized spacial score (nSPS) is 28.5. The fourth-order valence-corrected chi connectivity index (χ4v) is 4.34. The molecule has 0 amide bonds. The summed E-state index contributed by atoms with van der Waals surface area (Å²) >= 11 is 0. The van der Waals surface area contributed by atoms with E-state index in [2.05, 4.69) is 22.0 Å². The molecule has 2 unspecified atom stereocenters. The van der Waals surface area contributed by atoms with Crippen LogP contribution in [0.25, 0.3) is 0 Å². The van der Waals surface area contributed by atoms with Crippen molar-refractivity contribution in [3.05, 3.63) is 23.8 Å². The highest BCUT2D eigenvalue weighted by Crippen LogP contribution is 2.29. The number of guanidine groups is 1. The number of fused-ring (bicyclic) bond motifs is 1. The molecule has 0 saturated heterocycles. The number of hydrogen-bond donors (Lipinski definition) is 2. The second-order valence-corrected chi connectivity index (χ2v) is 7.87. The van der Waals surface area contributed by atoms with Crippen LogP contribution in [0.3, 0.4) is 0 Å². The van der Waals surface area contributed by atoms with E-state index >= 15 is 0 Å². The first-order valence-corrected chi connectivity index (χ1v) is 9.48. The monoisotopic (exact) mass is 321 g/mol. The quantitative estimate of drug-likeness (QED) is 0.880. The molecule has 1 aromatic rings. The van der Waals surface area contributed by atoms with E-state index in [0.717, 1.165) is 31.2 Å². The van der Waals surface area contributed by atoms with Gasteiger partial charge in [0.05, 0.1) is 11.7 Å². The van der Waals surface area contributed by atoms with E-state index in [9.17, 15) is 8.42 Å². The molecule has 1 aliphatic heterocycles. The summed E-state index contributed by atoms with van der Waals surface area (Å²) in [6.07, 6.45) is 5.39. The molecule has 2 N–H and O–H groups in total. The van der Waals surface area contributed by atoms with Crippen molar-refractivity contribution in [1.29, 1.82) is 0 Å². The number of rotatable bonds is 2. The molecule has 0 bridgehead atoms. The lowest BCUT2D eigenvalue weighted by molar-refractivity contribution is 0.332. The lowest BCUT2D eigenvalue weighted by atomic mass is 9.86. The second kappa shape index (κ2) is 5.91. The number of aryl methyl sites for hydroxylation is 1. The zero-order valence-electron chi connectivity index (χ0n) is 13.1. The highest BCUT2D eigenvalue weighted by molar-refractivity contribution is 7.90. The molecule has 0 aromatic heterocycles. The van der Waals surface area contributed by atoms with Crippen LogP contribution in [-0.4, -0.2) is 20.4 Å². The molecule has 3 rings (SSSR count). The molecule has 1 aliphatic carbocycles. The largest absolute Gasteiger partial charge is 0.324 e. The average molecular weight is 321 g/mol. The zero-order chi connectivity index (χ0) is 15.7. The lowest BCUT2D eigenvalue weighted by Gasteiger charge is -2.28. The van der Waals surface area contributed by atoms with Crippen LogP contribution >= 0.6 is 0 Å². The van der Waals surface area contributed by atoms with Gasteiger partial charge in [-0.3, -0.25) is 0 Å². The van der Waals surface area contributed by atoms with Crippen molar-refractivity contribution in [2.24, 2.45) is 10.9 Å². The van der Waals surface area contributed by atoms with Crippen LogP contribution in [0, 0.1) is 5.92 Å². The van der Waals surface area contributed by atoms with Crippen molar-refractivity contribution in [3.63, 3.8) is 0 Å². The topological polar surface area (TPSA) is 70.6 Å². The summed E-state index contributed by atoms with van der Waals surface area (Å²) in [5.74, 6) is 0.854. The molecule has 120 valence electrons. The van der Waals surface area contributed by atoms with Gasteiger partial charge in [0.2, 0.25) is 5.96 Å². The van der Waals surface area contributed by atoms with Crippen molar-refractivity contribution in [2.75, 3.05) is 5.32 Å². The summed E-state index contributed by atoms with van der Waals surface area (Å²) in [5.41, 5.74) is 1.62. The Morgan fingerprint density at radius 3 is 2.77 bits per heavy atom. The van der Waals surface area contributed by atoms with Gasteiger partial charge in [-0.1, -0.05) is 32.8 Å². The Morgan fingerprint density at radius 1 is 1.27 bits per heavy atom. The number of nitrogens with one attached hydrogen (secondary N) is 2. The zero-order valence-corrected chi connectivity index (χ0v) is 13.9. The fraction of sp³-hybridized carbons (Fsp3) is 0.562. The highest BCUT2D eigenvalue weighted by atomic mass is 32.2. The molecule has 1 saturated carbocycles. The van der Waals surface area contributed by atoms with E-state index in [4.69, 9.17) is 0 Å². The molecule has 1 heterocycles. The van der Waals surface area contributed by atoms with Crippen LogP contribution in [0.4, 0.5) is 5.69 Å². The third-order valence-electron chi connectivity index (χ3n) is 4.59. The Morgan fingerprint density at radius 2 is 2.05 bits per heavy atom. The third-order valence-corrected chi connectivity index (χ3v) is 5.97. The molecule has 6 heteroatoms. The molecule has 22 heavy (non-hydrogen) atoms. The van der Waals surface area contributed by atoms with Crippen LogP contribution in [0.15, 0.2) is 28.1 Å². The molecule has 0 radical (unpaired) electrons. The SMILES string of the molecule is CCc1ccc2c(c1)S(=O)(=O)NC(=NC1CCCCC1C)N2. The van der Waals surface area contributed by atoms with Crippen LogP contribution < -0.4 is 10.0 Å². The van der Waals surface area contributed by atoms with Gasteiger partial charge in [0.1, 0.15) is 4.90 Å². The molecule has 1 aromatic carbocycles. The Bertz CT molecular complexity index is 697. The molecule has 0 spiro atoms. The number of sulfonamides is 1. The van der Waals surface area contributed by atoms with Crippen LogP contribution in [-0.2, 0) is 16.4 Å². The maximum Gasteiger partial charge on any atom is 0.266 e. The van der Waals surface area contributed by atoms with Gasteiger partial charge in [-0.05, 0) is 42.9 Å². The molecule has 2 aliphatic rings. The summed E-state index contributed by atoms with van der Waals surface area (Å²) in [4.78, 5) is 4.94. The first-order valence-electron chi connectivity index (χ1n) is 8.00. The molecular formula is C16H23N3O2S. The van der Waals surface area contributed by atoms with E-state index in [-0.39, 0.29) is 6.04 Å². The van der Waals surface area contributed by atoms with Crippen molar-refractivity contribution in [3.8, 4) is 0 Å². The predicted octanol–water partition coefficient (Wildman–Crippen LogP) is 2.89. The minimum absolute atomic E-state index is 0.190. The van der Waals surface area contributed by atoms with Crippen molar-refractivity contribution < 1.29 is 8.42 Å². The van der Waals surface area contributed by atoms with Gasteiger partial charge in [-0.2, -0.15) is 0 Å². The number of benzene rings is 1. The average Bonchev–Trinajstić information content (AvgIpc) is 2.49. The van der Waals surface area contributed by atoms with E-state index in [1.165, 1.54) is 6.42 Å². The Labute approximate surface area is 132 Å². The number of aliphatic imine (C=N–C) groups is 1.